The standard InChI is InChI=1S/C13H15I/c1-2-5-10-6-3-7-11-8-4-9-12(14)13(10)11/h3-4,6-7,9,12H,2,5,8H2,1H3. The van der Waals surface area contributed by atoms with E-state index in [4.69, 9.17) is 0 Å². The van der Waals surface area contributed by atoms with Crippen molar-refractivity contribution in [3.05, 3.63) is 47.0 Å². The van der Waals surface area contributed by atoms with Crippen LogP contribution < -0.4 is 0 Å². The van der Waals surface area contributed by atoms with E-state index in [0.29, 0.717) is 3.92 Å². The molecule has 0 aromatic heterocycles. The van der Waals surface area contributed by atoms with Crippen LogP contribution in [0.3, 0.4) is 0 Å². The van der Waals surface area contributed by atoms with E-state index in [1.165, 1.54) is 18.4 Å². The van der Waals surface area contributed by atoms with E-state index in [1.807, 2.05) is 0 Å². The molecule has 1 aliphatic carbocycles. The number of rotatable bonds is 2. The molecule has 0 saturated carbocycles. The molecule has 1 atom stereocenters. The van der Waals surface area contributed by atoms with Gasteiger partial charge in [0.25, 0.3) is 0 Å². The molecule has 0 heterocycles. The molecule has 0 nitrogen and oxygen atoms in total. The maximum atomic E-state index is 2.53. The SMILES string of the molecule is CCCc1cccc2c1C(I)C=CC2. The van der Waals surface area contributed by atoms with Gasteiger partial charge in [-0.2, -0.15) is 0 Å². The summed E-state index contributed by atoms with van der Waals surface area (Å²) in [7, 11) is 0. The van der Waals surface area contributed by atoms with Gasteiger partial charge in [-0.05, 0) is 29.5 Å². The van der Waals surface area contributed by atoms with Gasteiger partial charge in [0.1, 0.15) is 0 Å². The van der Waals surface area contributed by atoms with E-state index in [2.05, 4.69) is 59.9 Å². The van der Waals surface area contributed by atoms with E-state index >= 15 is 0 Å². The highest BCUT2D eigenvalue weighted by Crippen LogP contribution is 2.35. The van der Waals surface area contributed by atoms with Gasteiger partial charge in [0.05, 0.1) is 3.92 Å². The summed E-state index contributed by atoms with van der Waals surface area (Å²) in [6.45, 7) is 2.25. The molecule has 0 radical (unpaired) electrons. The summed E-state index contributed by atoms with van der Waals surface area (Å²) in [5, 5.41) is 0. The fourth-order valence-corrected chi connectivity index (χ4v) is 3.19. The van der Waals surface area contributed by atoms with E-state index in [1.54, 1.807) is 11.1 Å². The van der Waals surface area contributed by atoms with Crippen molar-refractivity contribution < 1.29 is 0 Å². The topological polar surface area (TPSA) is 0 Å². The number of hydrogen-bond donors (Lipinski definition) is 0. The van der Waals surface area contributed by atoms with Crippen molar-refractivity contribution in [2.24, 2.45) is 0 Å². The van der Waals surface area contributed by atoms with Gasteiger partial charge in [0, 0.05) is 0 Å². The fraction of sp³-hybridized carbons (Fsp3) is 0.385. The number of alkyl halides is 1. The molecule has 1 aromatic carbocycles. The second-order valence-electron chi connectivity index (χ2n) is 3.77. The first-order chi connectivity index (χ1) is 6.83. The average Bonchev–Trinajstić information content (AvgIpc) is 2.19. The van der Waals surface area contributed by atoms with Crippen LogP contribution in [0.25, 0.3) is 0 Å². The van der Waals surface area contributed by atoms with E-state index in [-0.39, 0.29) is 0 Å². The Labute approximate surface area is 99.6 Å². The summed E-state index contributed by atoms with van der Waals surface area (Å²) in [6.07, 6.45) is 8.18. The Bertz CT molecular complexity index is 352. The summed E-state index contributed by atoms with van der Waals surface area (Å²) in [6, 6.07) is 6.75. The Kier molecular flexibility index (Phi) is 3.26. The van der Waals surface area contributed by atoms with Gasteiger partial charge < -0.3 is 0 Å². The second-order valence-corrected chi connectivity index (χ2v) is 5.12. The lowest BCUT2D eigenvalue weighted by atomic mass is 9.90. The normalized spacial score (nSPS) is 19.4. The molecule has 0 aliphatic heterocycles. The van der Waals surface area contributed by atoms with Gasteiger partial charge >= 0.3 is 0 Å². The predicted molar refractivity (Wildman–Crippen MR) is 70.0 cm³/mol. The molecule has 0 bridgehead atoms. The molecule has 0 saturated heterocycles. The molecule has 1 aliphatic rings. The first-order valence-corrected chi connectivity index (χ1v) is 6.49. The van der Waals surface area contributed by atoms with Gasteiger partial charge in [0.2, 0.25) is 0 Å². The van der Waals surface area contributed by atoms with Crippen molar-refractivity contribution in [1.82, 2.24) is 0 Å². The highest BCUT2D eigenvalue weighted by molar-refractivity contribution is 14.1. The van der Waals surface area contributed by atoms with Crippen LogP contribution >= 0.6 is 22.6 Å². The molecule has 1 heteroatoms. The molecule has 0 amide bonds. The zero-order valence-electron chi connectivity index (χ0n) is 8.46. The zero-order chi connectivity index (χ0) is 9.97. The summed E-state index contributed by atoms with van der Waals surface area (Å²) in [5.41, 5.74) is 4.66. The van der Waals surface area contributed by atoms with Crippen LogP contribution in [0.1, 0.15) is 34.0 Å². The van der Waals surface area contributed by atoms with Gasteiger partial charge in [-0.3, -0.25) is 0 Å². The molecule has 1 unspecified atom stereocenters. The van der Waals surface area contributed by atoms with E-state index < -0.39 is 0 Å². The van der Waals surface area contributed by atoms with Gasteiger partial charge in [0.15, 0.2) is 0 Å². The third-order valence-corrected chi connectivity index (χ3v) is 3.76. The lowest BCUT2D eigenvalue weighted by Crippen LogP contribution is -2.04. The second kappa shape index (κ2) is 4.47. The Balaban J connectivity index is 2.44. The first kappa shape index (κ1) is 10.2. The minimum absolute atomic E-state index is 0.582. The van der Waals surface area contributed by atoms with Crippen LogP contribution in [-0.2, 0) is 12.8 Å². The van der Waals surface area contributed by atoms with Crippen molar-refractivity contribution in [3.63, 3.8) is 0 Å². The van der Waals surface area contributed by atoms with E-state index in [0.717, 1.165) is 6.42 Å². The molecule has 2 rings (SSSR count). The molecule has 1 aromatic rings. The largest absolute Gasteiger partial charge is 0.0827 e. The number of halogens is 1. The monoisotopic (exact) mass is 298 g/mol. The quantitative estimate of drug-likeness (QED) is 0.435. The van der Waals surface area contributed by atoms with E-state index in [9.17, 15) is 0 Å². The van der Waals surface area contributed by atoms with Crippen LogP contribution in [0.4, 0.5) is 0 Å². The minimum Gasteiger partial charge on any atom is -0.0827 e. The van der Waals surface area contributed by atoms with Crippen molar-refractivity contribution in [1.29, 1.82) is 0 Å². The summed E-state index contributed by atoms with van der Waals surface area (Å²) in [4.78, 5) is 0. The Morgan fingerprint density at radius 1 is 1.43 bits per heavy atom. The first-order valence-electron chi connectivity index (χ1n) is 5.24. The van der Waals surface area contributed by atoms with Crippen LogP contribution in [0.15, 0.2) is 30.4 Å². The summed E-state index contributed by atoms with van der Waals surface area (Å²) < 4.78 is 0.582. The highest BCUT2D eigenvalue weighted by Gasteiger charge is 2.15. The lowest BCUT2D eigenvalue weighted by Gasteiger charge is -2.19. The fourth-order valence-electron chi connectivity index (χ4n) is 2.10. The number of hydrogen-bond acceptors (Lipinski definition) is 0. The average molecular weight is 298 g/mol. The van der Waals surface area contributed by atoms with Crippen LogP contribution in [0, 0.1) is 0 Å². The van der Waals surface area contributed by atoms with Crippen molar-refractivity contribution in [3.8, 4) is 0 Å². The third kappa shape index (κ3) is 1.88. The van der Waals surface area contributed by atoms with Crippen molar-refractivity contribution in [2.45, 2.75) is 30.1 Å². The number of allylic oxidation sites excluding steroid dienone is 2. The smallest absolute Gasteiger partial charge is 0.0544 e. The van der Waals surface area contributed by atoms with Crippen LogP contribution in [0.5, 0.6) is 0 Å². The molecule has 0 N–H and O–H groups in total. The maximum absolute atomic E-state index is 2.53. The van der Waals surface area contributed by atoms with Crippen molar-refractivity contribution >= 4 is 22.6 Å². The predicted octanol–water partition coefficient (Wildman–Crippen LogP) is 4.23. The number of benzene rings is 1. The van der Waals surface area contributed by atoms with Crippen molar-refractivity contribution in [2.75, 3.05) is 0 Å². The molecule has 0 fully saturated rings. The molecule has 14 heavy (non-hydrogen) atoms. The van der Waals surface area contributed by atoms with Gasteiger partial charge in [-0.15, -0.1) is 0 Å². The molecule has 0 spiro atoms. The van der Waals surface area contributed by atoms with Gasteiger partial charge in [-0.1, -0.05) is 66.3 Å². The number of fused-ring (bicyclic) bond motifs is 1. The Hall–Kier alpha value is -0.310. The minimum atomic E-state index is 0.582. The Morgan fingerprint density at radius 3 is 3.07 bits per heavy atom. The van der Waals surface area contributed by atoms with Gasteiger partial charge in [-0.25, -0.2) is 0 Å². The van der Waals surface area contributed by atoms with Crippen LogP contribution in [-0.4, -0.2) is 0 Å². The maximum Gasteiger partial charge on any atom is 0.0544 e. The Morgan fingerprint density at radius 2 is 2.29 bits per heavy atom. The molecular weight excluding hydrogens is 283 g/mol. The summed E-state index contributed by atoms with van der Waals surface area (Å²) in [5.74, 6) is 0. The summed E-state index contributed by atoms with van der Waals surface area (Å²) >= 11 is 2.53. The highest BCUT2D eigenvalue weighted by atomic mass is 127. The third-order valence-electron chi connectivity index (χ3n) is 2.72. The molecular formula is C13H15I. The zero-order valence-corrected chi connectivity index (χ0v) is 10.6. The molecule has 74 valence electrons. The lowest BCUT2D eigenvalue weighted by molar-refractivity contribution is 0.896. The number of aryl methyl sites for hydroxylation is 1. The van der Waals surface area contributed by atoms with Crippen LogP contribution in [0.2, 0.25) is 0 Å².